The lowest BCUT2D eigenvalue weighted by Gasteiger charge is -2.35. The standard InChI is InChI=1S/C14H18N2O2S/c1-16(10-14(17)6-8-18-9-7-14)13-11-4-2-3-5-12(11)15-19-13/h2-5,17H,6-10H2,1H3. The molecule has 1 aliphatic rings. The highest BCUT2D eigenvalue weighted by molar-refractivity contribution is 7.11. The van der Waals surface area contributed by atoms with Gasteiger partial charge in [-0.05, 0) is 23.7 Å². The topological polar surface area (TPSA) is 45.6 Å². The van der Waals surface area contributed by atoms with Gasteiger partial charge in [-0.2, -0.15) is 4.37 Å². The molecule has 102 valence electrons. The fourth-order valence-corrected chi connectivity index (χ4v) is 3.39. The van der Waals surface area contributed by atoms with Gasteiger partial charge >= 0.3 is 0 Å². The minimum absolute atomic E-state index is 0.628. The summed E-state index contributed by atoms with van der Waals surface area (Å²) in [7, 11) is 2.02. The third-order valence-corrected chi connectivity index (χ3v) is 4.66. The zero-order chi connectivity index (χ0) is 13.3. The smallest absolute Gasteiger partial charge is 0.119 e. The SMILES string of the molecule is CN(CC1(O)CCOCC1)c1snc2ccccc12. The van der Waals surface area contributed by atoms with Crippen LogP contribution in [0.4, 0.5) is 5.00 Å². The fourth-order valence-electron chi connectivity index (χ4n) is 2.57. The predicted octanol–water partition coefficient (Wildman–Crippen LogP) is 2.27. The molecule has 5 heteroatoms. The van der Waals surface area contributed by atoms with Crippen LogP contribution in [-0.4, -0.2) is 41.9 Å². The van der Waals surface area contributed by atoms with E-state index in [0.717, 1.165) is 15.9 Å². The first-order valence-corrected chi connectivity index (χ1v) is 7.31. The van der Waals surface area contributed by atoms with E-state index < -0.39 is 5.60 Å². The summed E-state index contributed by atoms with van der Waals surface area (Å²) < 4.78 is 9.77. The Hall–Kier alpha value is -1.17. The first-order chi connectivity index (χ1) is 9.18. The highest BCUT2D eigenvalue weighted by Gasteiger charge is 2.31. The molecular formula is C14H18N2O2S. The molecule has 1 aromatic carbocycles. The number of aromatic nitrogens is 1. The first-order valence-electron chi connectivity index (χ1n) is 6.54. The molecule has 1 fully saturated rings. The van der Waals surface area contributed by atoms with Gasteiger partial charge in [-0.25, -0.2) is 0 Å². The lowest BCUT2D eigenvalue weighted by Crippen LogP contribution is -2.45. The fraction of sp³-hybridized carbons (Fsp3) is 0.500. The molecule has 1 saturated heterocycles. The number of hydrogen-bond acceptors (Lipinski definition) is 5. The largest absolute Gasteiger partial charge is 0.388 e. The van der Waals surface area contributed by atoms with E-state index >= 15 is 0 Å². The Bertz CT molecular complexity index is 563. The van der Waals surface area contributed by atoms with Crippen molar-refractivity contribution in [2.45, 2.75) is 18.4 Å². The second-order valence-electron chi connectivity index (χ2n) is 5.20. The van der Waals surface area contributed by atoms with Gasteiger partial charge in [-0.15, -0.1) is 0 Å². The van der Waals surface area contributed by atoms with Crippen molar-refractivity contribution in [3.05, 3.63) is 24.3 Å². The zero-order valence-electron chi connectivity index (χ0n) is 11.0. The molecule has 0 amide bonds. The van der Waals surface area contributed by atoms with E-state index in [1.54, 1.807) is 0 Å². The van der Waals surface area contributed by atoms with E-state index in [1.807, 2.05) is 25.2 Å². The second-order valence-corrected chi connectivity index (χ2v) is 5.95. The van der Waals surface area contributed by atoms with Crippen LogP contribution in [0.25, 0.3) is 10.9 Å². The van der Waals surface area contributed by atoms with Crippen LogP contribution >= 0.6 is 11.5 Å². The normalized spacial score (nSPS) is 18.6. The van der Waals surface area contributed by atoms with Gasteiger partial charge in [0.1, 0.15) is 5.00 Å². The maximum Gasteiger partial charge on any atom is 0.119 e. The molecule has 0 saturated carbocycles. The molecule has 2 heterocycles. The molecule has 0 aliphatic carbocycles. The summed E-state index contributed by atoms with van der Waals surface area (Å²) >= 11 is 1.49. The monoisotopic (exact) mass is 278 g/mol. The third-order valence-electron chi connectivity index (χ3n) is 3.67. The Balaban J connectivity index is 1.81. The van der Waals surface area contributed by atoms with Gasteiger partial charge in [0.15, 0.2) is 0 Å². The van der Waals surface area contributed by atoms with Crippen LogP contribution < -0.4 is 4.90 Å². The molecule has 3 rings (SSSR count). The van der Waals surface area contributed by atoms with E-state index in [0.29, 0.717) is 32.6 Å². The predicted molar refractivity (Wildman–Crippen MR) is 77.9 cm³/mol. The molecule has 1 N–H and O–H groups in total. The third kappa shape index (κ3) is 2.59. The number of benzene rings is 1. The molecule has 2 aromatic rings. The van der Waals surface area contributed by atoms with Gasteiger partial charge in [0.05, 0.1) is 11.1 Å². The average Bonchev–Trinajstić information content (AvgIpc) is 2.83. The number of nitrogens with zero attached hydrogens (tertiary/aromatic N) is 2. The Labute approximate surface area is 116 Å². The maximum absolute atomic E-state index is 10.6. The van der Waals surface area contributed by atoms with Gasteiger partial charge in [0.2, 0.25) is 0 Å². The van der Waals surface area contributed by atoms with Crippen LogP contribution in [0.5, 0.6) is 0 Å². The number of ether oxygens (including phenoxy) is 1. The van der Waals surface area contributed by atoms with E-state index in [2.05, 4.69) is 15.3 Å². The van der Waals surface area contributed by atoms with E-state index in [1.165, 1.54) is 11.5 Å². The minimum Gasteiger partial charge on any atom is -0.388 e. The summed E-state index contributed by atoms with van der Waals surface area (Å²) in [5, 5.41) is 12.9. The number of rotatable bonds is 3. The Kier molecular flexibility index (Phi) is 3.43. The van der Waals surface area contributed by atoms with Crippen molar-refractivity contribution in [2.75, 3.05) is 31.7 Å². The van der Waals surface area contributed by atoms with Crippen LogP contribution in [0.15, 0.2) is 24.3 Å². The number of fused-ring (bicyclic) bond motifs is 1. The van der Waals surface area contributed by atoms with Crippen LogP contribution in [0.1, 0.15) is 12.8 Å². The molecule has 0 atom stereocenters. The lowest BCUT2D eigenvalue weighted by atomic mass is 9.94. The summed E-state index contributed by atoms with van der Waals surface area (Å²) in [6.45, 7) is 1.92. The molecule has 0 bridgehead atoms. The Morgan fingerprint density at radius 2 is 2.11 bits per heavy atom. The number of anilines is 1. The second kappa shape index (κ2) is 5.07. The van der Waals surface area contributed by atoms with Crippen molar-refractivity contribution in [1.82, 2.24) is 4.37 Å². The van der Waals surface area contributed by atoms with Gasteiger partial charge in [-0.3, -0.25) is 0 Å². The van der Waals surface area contributed by atoms with Crippen LogP contribution in [0, 0.1) is 0 Å². The first kappa shape index (κ1) is 12.8. The van der Waals surface area contributed by atoms with Gasteiger partial charge in [0, 0.05) is 45.0 Å². The van der Waals surface area contributed by atoms with Gasteiger partial charge in [0.25, 0.3) is 0 Å². The lowest BCUT2D eigenvalue weighted by molar-refractivity contribution is -0.0571. The average molecular weight is 278 g/mol. The Morgan fingerprint density at radius 1 is 1.37 bits per heavy atom. The summed E-state index contributed by atoms with van der Waals surface area (Å²) in [4.78, 5) is 2.12. The highest BCUT2D eigenvalue weighted by atomic mass is 32.1. The summed E-state index contributed by atoms with van der Waals surface area (Å²) in [5.41, 5.74) is 0.381. The maximum atomic E-state index is 10.6. The molecule has 1 aromatic heterocycles. The van der Waals surface area contributed by atoms with Crippen LogP contribution in [-0.2, 0) is 4.74 Å². The minimum atomic E-state index is -0.641. The summed E-state index contributed by atoms with van der Waals surface area (Å²) in [6.07, 6.45) is 1.40. The van der Waals surface area contributed by atoms with Crippen molar-refractivity contribution in [3.8, 4) is 0 Å². The molecule has 1 aliphatic heterocycles. The Morgan fingerprint density at radius 3 is 2.89 bits per heavy atom. The van der Waals surface area contributed by atoms with E-state index in [4.69, 9.17) is 4.74 Å². The quantitative estimate of drug-likeness (QED) is 0.935. The molecule has 0 unspecified atom stereocenters. The summed E-state index contributed by atoms with van der Waals surface area (Å²) in [5.74, 6) is 0. The van der Waals surface area contributed by atoms with E-state index in [9.17, 15) is 5.11 Å². The van der Waals surface area contributed by atoms with Crippen molar-refractivity contribution in [2.24, 2.45) is 0 Å². The van der Waals surface area contributed by atoms with E-state index in [-0.39, 0.29) is 0 Å². The van der Waals surface area contributed by atoms with Crippen molar-refractivity contribution in [1.29, 1.82) is 0 Å². The molecule has 4 nitrogen and oxygen atoms in total. The van der Waals surface area contributed by atoms with Crippen LogP contribution in [0.2, 0.25) is 0 Å². The number of likely N-dealkylation sites (N-methyl/N-ethyl adjacent to an activating group) is 1. The van der Waals surface area contributed by atoms with Gasteiger partial charge in [-0.1, -0.05) is 12.1 Å². The highest BCUT2D eigenvalue weighted by Crippen LogP contribution is 2.32. The van der Waals surface area contributed by atoms with Gasteiger partial charge < -0.3 is 14.7 Å². The number of hydrogen-bond donors (Lipinski definition) is 1. The van der Waals surface area contributed by atoms with Crippen molar-refractivity contribution in [3.63, 3.8) is 0 Å². The molecule has 0 spiro atoms. The summed E-state index contributed by atoms with van der Waals surface area (Å²) in [6, 6.07) is 8.13. The molecule has 19 heavy (non-hydrogen) atoms. The molecule has 0 radical (unpaired) electrons. The zero-order valence-corrected chi connectivity index (χ0v) is 11.8. The van der Waals surface area contributed by atoms with Crippen LogP contribution in [0.3, 0.4) is 0 Å². The number of aliphatic hydroxyl groups is 1. The van der Waals surface area contributed by atoms with Crippen molar-refractivity contribution >= 4 is 27.4 Å². The molecular weight excluding hydrogens is 260 g/mol. The van der Waals surface area contributed by atoms with Crippen molar-refractivity contribution < 1.29 is 9.84 Å².